The van der Waals surface area contributed by atoms with Crippen LogP contribution in [-0.4, -0.2) is 51.5 Å². The molecule has 2 aliphatic heterocycles. The fraction of sp³-hybridized carbons (Fsp3) is 0.400. The smallest absolute Gasteiger partial charge is 0.410 e. The van der Waals surface area contributed by atoms with Crippen LogP contribution in [0.3, 0.4) is 0 Å². The van der Waals surface area contributed by atoms with Gasteiger partial charge in [0.25, 0.3) is 10.0 Å². The summed E-state index contributed by atoms with van der Waals surface area (Å²) in [7, 11) is -3.83. The predicted molar refractivity (Wildman–Crippen MR) is 171 cm³/mol. The number of sulfonamides is 1. The summed E-state index contributed by atoms with van der Waals surface area (Å²) in [6, 6.07) is 17.3. The summed E-state index contributed by atoms with van der Waals surface area (Å²) in [6.45, 7) is 6.51. The third-order valence-electron chi connectivity index (χ3n) is 7.59. The molecule has 1 amide bonds. The van der Waals surface area contributed by atoms with Crippen LogP contribution in [0.4, 0.5) is 14.9 Å². The lowest BCUT2D eigenvalue weighted by molar-refractivity contribution is -0.180. The number of carbonyl (C=O) groups excluding carboxylic acids is 1. The average Bonchev–Trinajstić information content (AvgIpc) is 3.40. The molecule has 0 radical (unpaired) electrons. The Balaban J connectivity index is 0.943. The maximum absolute atomic E-state index is 13.1. The minimum atomic E-state index is -3.83. The molecule has 1 atom stereocenters. The predicted octanol–water partition coefficient (Wildman–Crippen LogP) is 6.78. The Hall–Kier alpha value is -4.11. The molecular formula is C35H39FN2O7S. The Morgan fingerprint density at radius 2 is 1.83 bits per heavy atom. The molecule has 1 N–H and O–H groups in total. The molecule has 0 saturated carbocycles. The first kappa shape index (κ1) is 33.3. The molecule has 0 spiro atoms. The lowest BCUT2D eigenvalue weighted by Gasteiger charge is -2.32. The molecule has 11 heteroatoms. The van der Waals surface area contributed by atoms with Crippen LogP contribution < -0.4 is 9.46 Å². The molecule has 2 aliphatic rings. The quantitative estimate of drug-likeness (QED) is 0.161. The topological polar surface area (TPSA) is 103 Å². The molecule has 5 rings (SSSR count). The van der Waals surface area contributed by atoms with Gasteiger partial charge in [-0.05, 0) is 73.0 Å². The SMILES string of the molecule is CC1(C)OCc2cc(C3CN(CCCCCCOCCC#Cc4cccc(S(=O)(=O)Nc5ccc(F)cc5)c4)C(=O)O3)ccc2O1. The van der Waals surface area contributed by atoms with Crippen molar-refractivity contribution in [2.75, 3.05) is 31.0 Å². The fourth-order valence-electron chi connectivity index (χ4n) is 5.15. The van der Waals surface area contributed by atoms with Crippen molar-refractivity contribution in [3.8, 4) is 17.6 Å². The zero-order valence-electron chi connectivity index (χ0n) is 26.1. The van der Waals surface area contributed by atoms with Crippen LogP contribution >= 0.6 is 0 Å². The number of unbranched alkanes of at least 4 members (excludes halogenated alkanes) is 3. The summed E-state index contributed by atoms with van der Waals surface area (Å²) in [5, 5.41) is 0. The number of carbonyl (C=O) groups is 1. The number of nitrogens with zero attached hydrogens (tertiary/aromatic N) is 1. The van der Waals surface area contributed by atoms with Crippen molar-refractivity contribution < 1.29 is 36.6 Å². The first-order chi connectivity index (χ1) is 22.1. The normalized spacial score (nSPS) is 17.0. The Bertz CT molecular complexity index is 1680. The van der Waals surface area contributed by atoms with Crippen LogP contribution in [0.5, 0.6) is 5.75 Å². The monoisotopic (exact) mass is 650 g/mol. The van der Waals surface area contributed by atoms with Crippen molar-refractivity contribution in [2.24, 2.45) is 0 Å². The summed E-state index contributed by atoms with van der Waals surface area (Å²) >= 11 is 0. The van der Waals surface area contributed by atoms with Crippen LogP contribution in [0.1, 0.15) is 68.7 Å². The van der Waals surface area contributed by atoms with Gasteiger partial charge in [-0.3, -0.25) is 4.72 Å². The van der Waals surface area contributed by atoms with Crippen LogP contribution in [0.25, 0.3) is 0 Å². The fourth-order valence-corrected chi connectivity index (χ4v) is 6.25. The van der Waals surface area contributed by atoms with Crippen LogP contribution in [0, 0.1) is 17.7 Å². The van der Waals surface area contributed by atoms with Gasteiger partial charge in [-0.1, -0.05) is 36.8 Å². The van der Waals surface area contributed by atoms with Gasteiger partial charge in [-0.2, -0.15) is 0 Å². The summed E-state index contributed by atoms with van der Waals surface area (Å²) in [6.07, 6.45) is 3.72. The maximum atomic E-state index is 13.1. The van der Waals surface area contributed by atoms with Gasteiger partial charge in [0.15, 0.2) is 0 Å². The zero-order chi connectivity index (χ0) is 32.6. The van der Waals surface area contributed by atoms with Gasteiger partial charge in [-0.25, -0.2) is 17.6 Å². The molecule has 9 nitrogen and oxygen atoms in total. The molecule has 1 unspecified atom stereocenters. The number of halogens is 1. The molecule has 0 bridgehead atoms. The minimum Gasteiger partial charge on any atom is -0.463 e. The third kappa shape index (κ3) is 9.22. The second-order valence-electron chi connectivity index (χ2n) is 11.7. The van der Waals surface area contributed by atoms with Gasteiger partial charge in [0.05, 0.1) is 24.7 Å². The minimum absolute atomic E-state index is 0.0750. The lowest BCUT2D eigenvalue weighted by Crippen LogP contribution is -2.35. The second-order valence-corrected chi connectivity index (χ2v) is 13.4. The highest BCUT2D eigenvalue weighted by Gasteiger charge is 2.33. The van der Waals surface area contributed by atoms with E-state index in [0.29, 0.717) is 44.9 Å². The van der Waals surface area contributed by atoms with E-state index in [2.05, 4.69) is 16.6 Å². The zero-order valence-corrected chi connectivity index (χ0v) is 26.9. The van der Waals surface area contributed by atoms with Crippen molar-refractivity contribution in [1.29, 1.82) is 0 Å². The van der Waals surface area contributed by atoms with E-state index >= 15 is 0 Å². The number of fused-ring (bicyclic) bond motifs is 1. The number of benzene rings is 3. The summed E-state index contributed by atoms with van der Waals surface area (Å²) < 4.78 is 63.8. The van der Waals surface area contributed by atoms with Crippen molar-refractivity contribution in [3.05, 3.63) is 89.2 Å². The van der Waals surface area contributed by atoms with Crippen molar-refractivity contribution >= 4 is 21.8 Å². The Morgan fingerprint density at radius 3 is 2.65 bits per heavy atom. The number of hydrogen-bond acceptors (Lipinski definition) is 7. The van der Waals surface area contributed by atoms with Gasteiger partial charge < -0.3 is 23.8 Å². The Labute approximate surface area is 270 Å². The number of ether oxygens (including phenoxy) is 4. The third-order valence-corrected chi connectivity index (χ3v) is 8.97. The number of anilines is 1. The molecule has 3 aromatic carbocycles. The number of hydrogen-bond donors (Lipinski definition) is 1. The maximum Gasteiger partial charge on any atom is 0.410 e. The average molecular weight is 651 g/mol. The summed E-state index contributed by atoms with van der Waals surface area (Å²) in [4.78, 5) is 14.3. The van der Waals surface area contributed by atoms with E-state index < -0.39 is 21.6 Å². The Morgan fingerprint density at radius 1 is 1.02 bits per heavy atom. The largest absolute Gasteiger partial charge is 0.463 e. The molecule has 3 aromatic rings. The van der Waals surface area contributed by atoms with Crippen LogP contribution in [-0.2, 0) is 30.8 Å². The van der Waals surface area contributed by atoms with E-state index in [-0.39, 0.29) is 22.8 Å². The lowest BCUT2D eigenvalue weighted by atomic mass is 10.0. The number of rotatable bonds is 13. The first-order valence-electron chi connectivity index (χ1n) is 15.4. The molecule has 46 heavy (non-hydrogen) atoms. The number of nitrogens with one attached hydrogen (secondary N) is 1. The number of amides is 1. The summed E-state index contributed by atoms with van der Waals surface area (Å²) in [5.41, 5.74) is 2.75. The molecule has 0 aliphatic carbocycles. The standard InChI is InChI=1S/C35H39FN2O7S/c1-35(2)43-25-28-23-27(13-18-32(28)45-35)33-24-38(34(39)44-33)19-6-3-4-7-20-42-21-8-5-10-26-11-9-12-31(22-26)46(40,41)37-30-16-14-29(36)15-17-30/h9,11-18,22-23,33,37H,3-4,6-8,19-21,24-25H2,1-2H3. The first-order valence-corrected chi connectivity index (χ1v) is 16.9. The highest BCUT2D eigenvalue weighted by atomic mass is 32.2. The molecule has 0 aromatic heterocycles. The van der Waals surface area contributed by atoms with E-state index in [9.17, 15) is 17.6 Å². The van der Waals surface area contributed by atoms with Crippen LogP contribution in [0.15, 0.2) is 71.6 Å². The molecule has 244 valence electrons. The van der Waals surface area contributed by atoms with E-state index in [1.807, 2.05) is 32.0 Å². The van der Waals surface area contributed by atoms with Crippen LogP contribution in [0.2, 0.25) is 0 Å². The second kappa shape index (κ2) is 15.0. The van der Waals surface area contributed by atoms with Gasteiger partial charge >= 0.3 is 6.09 Å². The van der Waals surface area contributed by atoms with E-state index in [0.717, 1.165) is 42.6 Å². The van der Waals surface area contributed by atoms with Crippen molar-refractivity contribution in [2.45, 2.75) is 69.3 Å². The van der Waals surface area contributed by atoms with Gasteiger partial charge in [0.1, 0.15) is 17.7 Å². The highest BCUT2D eigenvalue weighted by Crippen LogP contribution is 2.35. The Kier molecular flexibility index (Phi) is 10.8. The van der Waals surface area contributed by atoms with E-state index in [1.165, 1.54) is 36.4 Å². The van der Waals surface area contributed by atoms with Crippen molar-refractivity contribution in [3.63, 3.8) is 0 Å². The molecule has 2 heterocycles. The van der Waals surface area contributed by atoms with Gasteiger partial charge in [0.2, 0.25) is 5.79 Å². The summed E-state index contributed by atoms with van der Waals surface area (Å²) in [5.74, 6) is 5.71. The molecular weight excluding hydrogens is 611 g/mol. The van der Waals surface area contributed by atoms with E-state index in [1.54, 1.807) is 17.0 Å². The molecule has 1 saturated heterocycles. The van der Waals surface area contributed by atoms with Gasteiger partial charge in [0, 0.05) is 50.2 Å². The van der Waals surface area contributed by atoms with E-state index in [4.69, 9.17) is 18.9 Å². The molecule has 1 fully saturated rings. The highest BCUT2D eigenvalue weighted by molar-refractivity contribution is 7.92. The van der Waals surface area contributed by atoms with Gasteiger partial charge in [-0.15, -0.1) is 0 Å². The number of cyclic esters (lactones) is 1. The van der Waals surface area contributed by atoms with Crippen molar-refractivity contribution in [1.82, 2.24) is 4.90 Å².